The molecular weight excluding hydrogens is 210 g/mol. The quantitative estimate of drug-likeness (QED) is 0.621. The number of rotatable bonds is 4. The molecule has 1 atom stereocenters. The van der Waals surface area contributed by atoms with E-state index in [-0.39, 0.29) is 6.04 Å². The Bertz CT molecular complexity index is 468. The van der Waals surface area contributed by atoms with Gasteiger partial charge in [-0.3, -0.25) is 16.3 Å². The molecule has 2 aromatic rings. The molecule has 0 amide bonds. The first-order chi connectivity index (χ1) is 8.31. The van der Waals surface area contributed by atoms with Gasteiger partial charge in [0.25, 0.3) is 0 Å². The largest absolute Gasteiger partial charge is 0.271 e. The van der Waals surface area contributed by atoms with Crippen LogP contribution in [0.3, 0.4) is 0 Å². The van der Waals surface area contributed by atoms with Crippen LogP contribution < -0.4 is 11.3 Å². The number of nitrogens with two attached hydrogens (primary N) is 1. The van der Waals surface area contributed by atoms with E-state index in [1.165, 1.54) is 11.1 Å². The SMILES string of the molecule is Cc1cnccc1C(Cc1ccccc1)NN. The average molecular weight is 227 g/mol. The van der Waals surface area contributed by atoms with E-state index in [4.69, 9.17) is 5.84 Å². The first kappa shape index (κ1) is 11.8. The van der Waals surface area contributed by atoms with Gasteiger partial charge in [0.2, 0.25) is 0 Å². The number of nitrogens with one attached hydrogen (secondary N) is 1. The highest BCUT2D eigenvalue weighted by Gasteiger charge is 2.12. The monoisotopic (exact) mass is 227 g/mol. The standard InChI is InChI=1S/C14H17N3/c1-11-10-16-8-7-13(11)14(17-15)9-12-5-3-2-4-6-12/h2-8,10,14,17H,9,15H2,1H3. The van der Waals surface area contributed by atoms with Crippen LogP contribution in [0.1, 0.15) is 22.7 Å². The molecule has 0 radical (unpaired) electrons. The molecule has 17 heavy (non-hydrogen) atoms. The van der Waals surface area contributed by atoms with E-state index in [0.717, 1.165) is 12.0 Å². The van der Waals surface area contributed by atoms with Gasteiger partial charge in [0.05, 0.1) is 6.04 Å². The summed E-state index contributed by atoms with van der Waals surface area (Å²) in [5.41, 5.74) is 6.51. The Kier molecular flexibility index (Phi) is 3.85. The van der Waals surface area contributed by atoms with Crippen molar-refractivity contribution >= 4 is 0 Å². The molecule has 0 saturated carbocycles. The summed E-state index contributed by atoms with van der Waals surface area (Å²) >= 11 is 0. The van der Waals surface area contributed by atoms with Gasteiger partial charge in [-0.15, -0.1) is 0 Å². The molecule has 0 bridgehead atoms. The maximum absolute atomic E-state index is 5.65. The van der Waals surface area contributed by atoms with Crippen molar-refractivity contribution < 1.29 is 0 Å². The molecule has 0 spiro atoms. The molecule has 0 fully saturated rings. The Morgan fingerprint density at radius 1 is 1.24 bits per heavy atom. The van der Waals surface area contributed by atoms with Gasteiger partial charge in [-0.2, -0.15) is 0 Å². The highest BCUT2D eigenvalue weighted by Crippen LogP contribution is 2.19. The summed E-state index contributed by atoms with van der Waals surface area (Å²) in [5.74, 6) is 5.65. The van der Waals surface area contributed by atoms with E-state index in [1.807, 2.05) is 30.5 Å². The predicted molar refractivity (Wildman–Crippen MR) is 69.2 cm³/mol. The summed E-state index contributed by atoms with van der Waals surface area (Å²) in [7, 11) is 0. The van der Waals surface area contributed by atoms with Crippen LogP contribution in [0.5, 0.6) is 0 Å². The summed E-state index contributed by atoms with van der Waals surface area (Å²) in [6, 6.07) is 12.5. The van der Waals surface area contributed by atoms with Gasteiger partial charge in [-0.1, -0.05) is 30.3 Å². The topological polar surface area (TPSA) is 50.9 Å². The lowest BCUT2D eigenvalue weighted by atomic mass is 9.97. The van der Waals surface area contributed by atoms with Crippen molar-refractivity contribution in [2.24, 2.45) is 5.84 Å². The second-order valence-corrected chi connectivity index (χ2v) is 4.14. The molecule has 0 aliphatic carbocycles. The number of hydrogen-bond donors (Lipinski definition) is 2. The normalized spacial score (nSPS) is 12.4. The number of benzene rings is 1. The lowest BCUT2D eigenvalue weighted by molar-refractivity contribution is 0.549. The second kappa shape index (κ2) is 5.57. The first-order valence-electron chi connectivity index (χ1n) is 5.72. The van der Waals surface area contributed by atoms with E-state index in [9.17, 15) is 0 Å². The second-order valence-electron chi connectivity index (χ2n) is 4.14. The fraction of sp³-hybridized carbons (Fsp3) is 0.214. The van der Waals surface area contributed by atoms with Crippen molar-refractivity contribution in [2.45, 2.75) is 19.4 Å². The number of aromatic nitrogens is 1. The molecule has 3 N–H and O–H groups in total. The van der Waals surface area contributed by atoms with Crippen LogP contribution in [0, 0.1) is 6.92 Å². The summed E-state index contributed by atoms with van der Waals surface area (Å²) in [5, 5.41) is 0. The maximum Gasteiger partial charge on any atom is 0.0504 e. The fourth-order valence-corrected chi connectivity index (χ4v) is 1.98. The highest BCUT2D eigenvalue weighted by molar-refractivity contribution is 5.28. The lowest BCUT2D eigenvalue weighted by Gasteiger charge is -2.18. The zero-order valence-corrected chi connectivity index (χ0v) is 9.93. The highest BCUT2D eigenvalue weighted by atomic mass is 15.2. The Morgan fingerprint density at radius 2 is 2.00 bits per heavy atom. The third-order valence-electron chi connectivity index (χ3n) is 2.92. The number of hydrogen-bond acceptors (Lipinski definition) is 3. The van der Waals surface area contributed by atoms with E-state index in [2.05, 4.69) is 29.5 Å². The van der Waals surface area contributed by atoms with Crippen LogP contribution in [-0.4, -0.2) is 4.98 Å². The molecule has 2 rings (SSSR count). The summed E-state index contributed by atoms with van der Waals surface area (Å²) in [4.78, 5) is 4.10. The Balaban J connectivity index is 2.21. The molecule has 1 aromatic carbocycles. The number of hydrazine groups is 1. The Morgan fingerprint density at radius 3 is 2.65 bits per heavy atom. The number of aryl methyl sites for hydroxylation is 1. The van der Waals surface area contributed by atoms with E-state index in [1.54, 1.807) is 6.20 Å². The van der Waals surface area contributed by atoms with Crippen LogP contribution in [0.4, 0.5) is 0 Å². The lowest BCUT2D eigenvalue weighted by Crippen LogP contribution is -2.30. The molecule has 0 aliphatic heterocycles. The first-order valence-corrected chi connectivity index (χ1v) is 5.72. The van der Waals surface area contributed by atoms with Crippen molar-refractivity contribution in [1.29, 1.82) is 0 Å². The van der Waals surface area contributed by atoms with Gasteiger partial charge in [0.15, 0.2) is 0 Å². The van der Waals surface area contributed by atoms with E-state index < -0.39 is 0 Å². The summed E-state index contributed by atoms with van der Waals surface area (Å²) in [6.07, 6.45) is 4.55. The molecule has 1 aromatic heterocycles. The van der Waals surface area contributed by atoms with Crippen LogP contribution in [0.15, 0.2) is 48.8 Å². The van der Waals surface area contributed by atoms with Gasteiger partial charge in [-0.05, 0) is 36.1 Å². The molecule has 0 saturated heterocycles. The van der Waals surface area contributed by atoms with Gasteiger partial charge < -0.3 is 0 Å². The molecular formula is C14H17N3. The van der Waals surface area contributed by atoms with Crippen molar-refractivity contribution in [3.05, 3.63) is 65.5 Å². The average Bonchev–Trinajstić information content (AvgIpc) is 2.38. The van der Waals surface area contributed by atoms with Gasteiger partial charge in [0, 0.05) is 12.4 Å². The predicted octanol–water partition coefficient (Wildman–Crippen LogP) is 2.14. The summed E-state index contributed by atoms with van der Waals surface area (Å²) in [6.45, 7) is 2.05. The number of nitrogens with zero attached hydrogens (tertiary/aromatic N) is 1. The molecule has 1 unspecified atom stereocenters. The summed E-state index contributed by atoms with van der Waals surface area (Å²) < 4.78 is 0. The third kappa shape index (κ3) is 2.90. The van der Waals surface area contributed by atoms with Gasteiger partial charge in [-0.25, -0.2) is 0 Å². The van der Waals surface area contributed by atoms with Crippen molar-refractivity contribution in [3.63, 3.8) is 0 Å². The van der Waals surface area contributed by atoms with Crippen molar-refractivity contribution in [1.82, 2.24) is 10.4 Å². The molecule has 0 aliphatic rings. The van der Waals surface area contributed by atoms with Crippen molar-refractivity contribution in [3.8, 4) is 0 Å². The smallest absolute Gasteiger partial charge is 0.0504 e. The van der Waals surface area contributed by atoms with Crippen molar-refractivity contribution in [2.75, 3.05) is 0 Å². The Labute approximate surface area is 102 Å². The Hall–Kier alpha value is -1.71. The molecule has 3 heteroatoms. The minimum Gasteiger partial charge on any atom is -0.271 e. The maximum atomic E-state index is 5.65. The van der Waals surface area contributed by atoms with Crippen LogP contribution in [0.25, 0.3) is 0 Å². The fourth-order valence-electron chi connectivity index (χ4n) is 1.98. The van der Waals surface area contributed by atoms with Gasteiger partial charge in [0.1, 0.15) is 0 Å². The molecule has 88 valence electrons. The zero-order valence-electron chi connectivity index (χ0n) is 9.93. The van der Waals surface area contributed by atoms with Crippen LogP contribution in [-0.2, 0) is 6.42 Å². The zero-order chi connectivity index (χ0) is 12.1. The van der Waals surface area contributed by atoms with E-state index >= 15 is 0 Å². The minimum atomic E-state index is 0.125. The number of pyridine rings is 1. The van der Waals surface area contributed by atoms with Crippen LogP contribution in [0.2, 0.25) is 0 Å². The van der Waals surface area contributed by atoms with Gasteiger partial charge >= 0.3 is 0 Å². The molecule has 1 heterocycles. The third-order valence-corrected chi connectivity index (χ3v) is 2.92. The van der Waals surface area contributed by atoms with Crippen LogP contribution >= 0.6 is 0 Å². The minimum absolute atomic E-state index is 0.125. The van der Waals surface area contributed by atoms with E-state index in [0.29, 0.717) is 0 Å². The molecule has 3 nitrogen and oxygen atoms in total.